The summed E-state index contributed by atoms with van der Waals surface area (Å²) in [6.07, 6.45) is 0. The third-order valence-corrected chi connectivity index (χ3v) is 0.683. The summed E-state index contributed by atoms with van der Waals surface area (Å²) in [4.78, 5) is 0. The first-order valence-corrected chi connectivity index (χ1v) is 3.21. The number of rotatable bonds is 1. The van der Waals surface area contributed by atoms with Crippen molar-refractivity contribution in [3.05, 3.63) is 0 Å². The van der Waals surface area contributed by atoms with Gasteiger partial charge in [-0.1, -0.05) is 0 Å². The van der Waals surface area contributed by atoms with Crippen LogP contribution in [-0.2, 0) is 5.31 Å². The molecule has 0 radical (unpaired) electrons. The van der Waals surface area contributed by atoms with Crippen LogP contribution in [0.25, 0.3) is 0 Å². The van der Waals surface area contributed by atoms with Crippen molar-refractivity contribution < 1.29 is 18.6 Å². The van der Waals surface area contributed by atoms with Crippen molar-refractivity contribution >= 4 is 6.93 Å². The van der Waals surface area contributed by atoms with Crippen molar-refractivity contribution in [1.29, 1.82) is 0 Å². The molecule has 0 aliphatic rings. The van der Waals surface area contributed by atoms with E-state index in [-0.39, 0.29) is 0 Å². The molecule has 1 nitrogen and oxygen atoms in total. The van der Waals surface area contributed by atoms with Gasteiger partial charge in [0.1, 0.15) is 0 Å². The molecule has 0 saturated heterocycles. The van der Waals surface area contributed by atoms with Gasteiger partial charge in [-0.25, -0.2) is 0 Å². The van der Waals surface area contributed by atoms with Gasteiger partial charge in [-0.15, -0.1) is 0 Å². The molecule has 5 heteroatoms. The van der Waals surface area contributed by atoms with Crippen LogP contribution in [0.1, 0.15) is 0 Å². The van der Waals surface area contributed by atoms with Gasteiger partial charge in [0.2, 0.25) is 0 Å². The Hall–Kier alpha value is -1.38. The molecule has 0 spiro atoms. The summed E-state index contributed by atoms with van der Waals surface area (Å²) in [6.45, 7) is -1.91. The van der Waals surface area contributed by atoms with Gasteiger partial charge in [0.15, 0.2) is 0 Å². The van der Waals surface area contributed by atoms with Gasteiger partial charge < -0.3 is 0 Å². The Morgan fingerprint density at radius 1 is 1.50 bits per heavy atom. The molecule has 0 heterocycles. The zero-order valence-electron chi connectivity index (χ0n) is 2.36. The van der Waals surface area contributed by atoms with Gasteiger partial charge in [0, 0.05) is 0 Å². The first-order chi connectivity index (χ1) is 2.77. The van der Waals surface area contributed by atoms with E-state index in [0.717, 1.165) is 0 Å². The second-order valence-electron chi connectivity index (χ2n) is 0.304. The third-order valence-electron chi connectivity index (χ3n) is 0.0732. The van der Waals surface area contributed by atoms with Crippen LogP contribution in [0.15, 0.2) is 0 Å². The second-order valence-corrected chi connectivity index (χ2v) is 2.24. The first-order valence-electron chi connectivity index (χ1n) is 0.819. The van der Waals surface area contributed by atoms with Crippen molar-refractivity contribution in [3.8, 4) is 0 Å². The topological polar surface area (TPSA) is 9.23 Å². The van der Waals surface area contributed by atoms with Gasteiger partial charge in [-0.05, 0) is 0 Å². The summed E-state index contributed by atoms with van der Waals surface area (Å²) in [7, 11) is 0. The minimum absolute atomic E-state index is 1.91. The van der Waals surface area contributed by atoms with Gasteiger partial charge in [0.05, 0.1) is 0 Å². The Bertz CT molecular complexity index is 57.8. The van der Waals surface area contributed by atoms with Crippen LogP contribution in [0.5, 0.6) is 0 Å². The summed E-state index contributed by atoms with van der Waals surface area (Å²) >= 11 is 0. The molecular formula is CCfF3O. The zero-order chi connectivity index (χ0) is 4.99. The molecule has 0 aromatic rings. The summed E-state index contributed by atoms with van der Waals surface area (Å²) in [5, 5.41) is 2.66. The summed E-state index contributed by atoms with van der Waals surface area (Å²) in [5.41, 5.74) is 0. The van der Waals surface area contributed by atoms with E-state index in [0.29, 0.717) is 0 Å². The van der Waals surface area contributed by atoms with Gasteiger partial charge in [0.25, 0.3) is 0 Å². The fourth-order valence-electron chi connectivity index (χ4n) is 0.0184. The van der Waals surface area contributed by atoms with Crippen LogP contribution < -0.4 is 0 Å². The Kier molecular flexibility index (Phi) is 1.46. The van der Waals surface area contributed by atoms with Gasteiger partial charge in [-0.2, -0.15) is 0 Å². The van der Waals surface area contributed by atoms with E-state index >= 15 is 0 Å². The molecule has 0 aliphatic carbocycles. The molecule has 0 N–H and O–H groups in total. The normalized spacial score (nSPS) is 7.17. The number of hydrogen-bond acceptors (Lipinski definition) is 1. The SMILES string of the molecule is F[O][Cf]=[C](F)F. The quantitative estimate of drug-likeness (QED) is 0.692. The molecule has 0 aromatic heterocycles. The molecule has 0 amide bonds. The zero-order valence-corrected chi connectivity index (χ0v) is 4.99. The van der Waals surface area contributed by atoms with Crippen LogP contribution in [-0.4, -0.2) is 6.93 Å². The molecule has 0 unspecified atom stereocenters. The summed E-state index contributed by atoms with van der Waals surface area (Å²) in [6, 6.07) is 0. The summed E-state index contributed by atoms with van der Waals surface area (Å²) < 4.78 is 29.3. The maximum atomic E-state index is 10.7. The van der Waals surface area contributed by atoms with Crippen LogP contribution in [0.4, 0.5) is 13.3 Å². The molecule has 0 aliphatic heterocycles. The van der Waals surface area contributed by atoms with Crippen molar-refractivity contribution in [2.75, 3.05) is 0 Å². The minimum atomic E-state index is -2.29. The Balaban J connectivity index is 3.14. The molecule has 6 heavy (non-hydrogen) atoms. The second kappa shape index (κ2) is 1.90. The van der Waals surface area contributed by atoms with E-state index in [9.17, 15) is 13.3 Å². The molecule has 0 saturated carbocycles. The molecule has 0 bridgehead atoms. The molecule has 0 fully saturated rings. The monoisotopic (exact) mass is 334 g/mol. The van der Waals surface area contributed by atoms with Crippen LogP contribution >= 0.6 is 0 Å². The van der Waals surface area contributed by atoms with E-state index in [1.165, 1.54) is 0 Å². The average molecular weight is 336 g/mol. The van der Waals surface area contributed by atoms with Crippen molar-refractivity contribution in [1.82, 2.24) is 0 Å². The van der Waals surface area contributed by atoms with E-state index in [4.69, 9.17) is 0 Å². The Labute approximate surface area is 26.9 Å². The maximum absolute atomic E-state index is 10.7. The molecular weight excluding hydrogens is 336 g/mol. The van der Waals surface area contributed by atoms with Gasteiger partial charge >= 0.3 is 25.5 Å². The van der Waals surface area contributed by atoms with Crippen molar-refractivity contribution in [2.24, 2.45) is 0 Å². The fraction of sp³-hybridized carbons (Fsp3) is 0. The number of halogens is 3. The standard InChI is InChI=1S/CF2.Cf.FO/c2-1-3;;1-2/q;+1;-1. The Morgan fingerprint density at radius 3 is 2.00 bits per heavy atom. The van der Waals surface area contributed by atoms with Crippen molar-refractivity contribution in [3.63, 3.8) is 0 Å². The van der Waals surface area contributed by atoms with E-state index < -0.39 is 6.93 Å². The van der Waals surface area contributed by atoms with E-state index in [1.807, 2.05) is 0 Å². The molecule has 0 aromatic carbocycles. The van der Waals surface area contributed by atoms with Crippen LogP contribution in [0, 0.1) is 0 Å². The predicted octanol–water partition coefficient (Wildman–Crippen LogP) is 0.914. The molecule has 0 atom stereocenters. The fourth-order valence-corrected chi connectivity index (χ4v) is 0.172. The van der Waals surface area contributed by atoms with E-state index in [2.05, 4.69) is 5.31 Å². The van der Waals surface area contributed by atoms with Gasteiger partial charge in [-0.3, -0.25) is 0 Å². The van der Waals surface area contributed by atoms with Crippen molar-refractivity contribution in [2.45, 2.75) is 0 Å². The molecule has 0 rings (SSSR count). The number of hydrogen-bond donors (Lipinski definition) is 0. The predicted molar refractivity (Wildman–Crippen MR) is 9.42 cm³/mol. The third kappa shape index (κ3) is 2.62. The Morgan fingerprint density at radius 2 is 2.00 bits per heavy atom. The molecule has 41 valence electrons. The van der Waals surface area contributed by atoms with Crippen LogP contribution in [0.2, 0.25) is 0 Å². The average Bonchev–Trinajstić information content (AvgIpc) is 1.35. The first kappa shape index (κ1) is 4.62. The summed E-state index contributed by atoms with van der Waals surface area (Å²) in [5.74, 6) is 0. The van der Waals surface area contributed by atoms with E-state index in [1.54, 1.807) is 0 Å². The van der Waals surface area contributed by atoms with Crippen LogP contribution in [0.3, 0.4) is 0 Å².